The fourth-order valence-electron chi connectivity index (χ4n) is 2.93. The van der Waals surface area contributed by atoms with Crippen LogP contribution in [0.3, 0.4) is 0 Å². The molecular weight excluding hydrogens is 503 g/mol. The molecule has 0 radical (unpaired) electrons. The van der Waals surface area contributed by atoms with Crippen molar-refractivity contribution in [1.82, 2.24) is 10.2 Å². The minimum absolute atomic E-state index is 0.0486. The van der Waals surface area contributed by atoms with E-state index in [9.17, 15) is 14.9 Å². The van der Waals surface area contributed by atoms with Gasteiger partial charge in [-0.25, -0.2) is 0 Å². The highest BCUT2D eigenvalue weighted by atomic mass is 79.9. The molecule has 0 saturated carbocycles. The highest BCUT2D eigenvalue weighted by Gasteiger charge is 2.23. The Hall–Kier alpha value is -1.94. The number of piperazine rings is 1. The van der Waals surface area contributed by atoms with Crippen LogP contribution in [-0.2, 0) is 0 Å². The molecule has 0 spiro atoms. The number of non-ortho nitro benzene ring substituents is 1. The zero-order chi connectivity index (χ0) is 21.1. The van der Waals surface area contributed by atoms with Gasteiger partial charge in [0.2, 0.25) is 0 Å². The number of carbonyl (C=O) groups is 1. The largest absolute Gasteiger partial charge is 0.367 e. The Kier molecular flexibility index (Phi) is 6.94. The van der Waals surface area contributed by atoms with Crippen LogP contribution >= 0.6 is 51.3 Å². The summed E-state index contributed by atoms with van der Waals surface area (Å²) in [7, 11) is 0. The van der Waals surface area contributed by atoms with Crippen molar-refractivity contribution < 1.29 is 9.72 Å². The maximum atomic E-state index is 12.5. The summed E-state index contributed by atoms with van der Waals surface area (Å²) < 4.78 is 0.742. The Morgan fingerprint density at radius 2 is 1.79 bits per heavy atom. The summed E-state index contributed by atoms with van der Waals surface area (Å²) in [5.74, 6) is -0.373. The molecule has 0 bridgehead atoms. The predicted molar refractivity (Wildman–Crippen MR) is 121 cm³/mol. The lowest BCUT2D eigenvalue weighted by molar-refractivity contribution is -0.384. The van der Waals surface area contributed by atoms with Crippen molar-refractivity contribution in [3.63, 3.8) is 0 Å². The second-order valence-electron chi connectivity index (χ2n) is 6.25. The van der Waals surface area contributed by atoms with Gasteiger partial charge in [0.15, 0.2) is 5.11 Å². The van der Waals surface area contributed by atoms with Crippen molar-refractivity contribution in [3.05, 3.63) is 66.6 Å². The lowest BCUT2D eigenvalue weighted by atomic mass is 10.2. The molecular formula is C18H15BrCl2N4O3S. The van der Waals surface area contributed by atoms with Crippen molar-refractivity contribution in [2.75, 3.05) is 31.1 Å². The van der Waals surface area contributed by atoms with Gasteiger partial charge >= 0.3 is 0 Å². The molecule has 2 aromatic carbocycles. The fraction of sp³-hybridized carbons (Fsp3) is 0.222. The minimum atomic E-state index is -0.480. The van der Waals surface area contributed by atoms with E-state index >= 15 is 0 Å². The van der Waals surface area contributed by atoms with Crippen LogP contribution < -0.4 is 10.2 Å². The van der Waals surface area contributed by atoms with Gasteiger partial charge in [0, 0.05) is 42.8 Å². The second-order valence-corrected chi connectivity index (χ2v) is 8.37. The molecule has 29 heavy (non-hydrogen) atoms. The molecule has 0 aliphatic carbocycles. The number of carbonyl (C=O) groups excluding carboxylic acids is 1. The monoisotopic (exact) mass is 516 g/mol. The molecule has 1 heterocycles. The zero-order valence-corrected chi connectivity index (χ0v) is 18.8. The van der Waals surface area contributed by atoms with E-state index in [4.69, 9.17) is 35.4 Å². The average Bonchev–Trinajstić information content (AvgIpc) is 2.69. The van der Waals surface area contributed by atoms with Gasteiger partial charge < -0.3 is 9.80 Å². The van der Waals surface area contributed by atoms with Gasteiger partial charge in [0.1, 0.15) is 0 Å². The number of nitro benzene ring substituents is 1. The molecule has 1 fully saturated rings. The average molecular weight is 518 g/mol. The van der Waals surface area contributed by atoms with Crippen LogP contribution in [0.25, 0.3) is 0 Å². The molecule has 11 heteroatoms. The molecule has 3 rings (SSSR count). The van der Waals surface area contributed by atoms with E-state index in [-0.39, 0.29) is 11.6 Å². The van der Waals surface area contributed by atoms with E-state index in [0.29, 0.717) is 46.9 Å². The van der Waals surface area contributed by atoms with E-state index in [0.717, 1.165) is 10.2 Å². The van der Waals surface area contributed by atoms with Gasteiger partial charge in [0.05, 0.1) is 26.2 Å². The molecule has 2 aromatic rings. The summed E-state index contributed by atoms with van der Waals surface area (Å²) in [6, 6.07) is 9.44. The van der Waals surface area contributed by atoms with Gasteiger partial charge in [-0.3, -0.25) is 20.2 Å². The van der Waals surface area contributed by atoms with E-state index in [1.54, 1.807) is 24.3 Å². The number of amides is 1. The van der Waals surface area contributed by atoms with Crippen LogP contribution in [0.5, 0.6) is 0 Å². The standard InChI is InChI=1S/C18H15BrCl2N4O3S/c19-11-1-3-14(20)13(9-11)17(26)22-18(29)24-7-5-23(6-8-24)16-4-2-12(25(27)28)10-15(16)21/h1-4,9-10H,5-8H2,(H,22,26,29). The van der Waals surface area contributed by atoms with Crippen molar-refractivity contribution >= 4 is 73.7 Å². The van der Waals surface area contributed by atoms with Crippen molar-refractivity contribution in [2.24, 2.45) is 0 Å². The number of nitro groups is 1. The summed E-state index contributed by atoms with van der Waals surface area (Å²) >= 11 is 21.0. The van der Waals surface area contributed by atoms with Gasteiger partial charge in [-0.15, -0.1) is 0 Å². The van der Waals surface area contributed by atoms with Crippen LogP contribution in [0, 0.1) is 10.1 Å². The number of nitrogens with one attached hydrogen (secondary N) is 1. The van der Waals surface area contributed by atoms with E-state index < -0.39 is 4.92 Å². The lowest BCUT2D eigenvalue weighted by Crippen LogP contribution is -2.52. The van der Waals surface area contributed by atoms with E-state index in [1.807, 2.05) is 9.80 Å². The molecule has 1 amide bonds. The molecule has 0 unspecified atom stereocenters. The fourth-order valence-corrected chi connectivity index (χ4v) is 4.07. The third-order valence-corrected chi connectivity index (χ3v) is 5.93. The quantitative estimate of drug-likeness (QED) is 0.367. The predicted octanol–water partition coefficient (Wildman–Crippen LogP) is 4.50. The number of hydrogen-bond acceptors (Lipinski definition) is 5. The normalized spacial score (nSPS) is 13.9. The first-order chi connectivity index (χ1) is 13.8. The highest BCUT2D eigenvalue weighted by Crippen LogP contribution is 2.30. The van der Waals surface area contributed by atoms with Gasteiger partial charge in [0.25, 0.3) is 11.6 Å². The summed E-state index contributed by atoms with van der Waals surface area (Å²) in [6.45, 7) is 2.34. The van der Waals surface area contributed by atoms with Crippen LogP contribution in [0.15, 0.2) is 40.9 Å². The third kappa shape index (κ3) is 5.16. The molecule has 1 saturated heterocycles. The first-order valence-corrected chi connectivity index (χ1v) is 10.5. The number of benzene rings is 2. The van der Waals surface area contributed by atoms with Gasteiger partial charge in [-0.1, -0.05) is 39.1 Å². The number of thiocarbonyl (C=S) groups is 1. The van der Waals surface area contributed by atoms with Crippen LogP contribution in [0.1, 0.15) is 10.4 Å². The molecule has 7 nitrogen and oxygen atoms in total. The van der Waals surface area contributed by atoms with E-state index in [2.05, 4.69) is 21.2 Å². The summed E-state index contributed by atoms with van der Waals surface area (Å²) in [4.78, 5) is 26.8. The SMILES string of the molecule is O=C(NC(=S)N1CCN(c2ccc([N+](=O)[O-])cc2Cl)CC1)c1cc(Br)ccc1Cl. The third-order valence-electron chi connectivity index (χ3n) is 4.44. The van der Waals surface area contributed by atoms with Gasteiger partial charge in [-0.05, 0) is 36.5 Å². The molecule has 1 aliphatic heterocycles. The van der Waals surface area contributed by atoms with Gasteiger partial charge in [-0.2, -0.15) is 0 Å². The summed E-state index contributed by atoms with van der Waals surface area (Å²) in [6.07, 6.45) is 0. The number of rotatable bonds is 3. The Labute approximate surface area is 190 Å². The molecule has 152 valence electrons. The Balaban J connectivity index is 1.60. The molecule has 0 aromatic heterocycles. The molecule has 0 atom stereocenters. The smallest absolute Gasteiger partial charge is 0.271 e. The number of hydrogen-bond donors (Lipinski definition) is 1. The van der Waals surface area contributed by atoms with Crippen LogP contribution in [0.2, 0.25) is 10.0 Å². The first kappa shape index (κ1) is 21.8. The lowest BCUT2D eigenvalue weighted by Gasteiger charge is -2.37. The minimum Gasteiger partial charge on any atom is -0.367 e. The Morgan fingerprint density at radius 3 is 2.41 bits per heavy atom. The second kappa shape index (κ2) is 9.25. The maximum Gasteiger partial charge on any atom is 0.271 e. The Bertz CT molecular complexity index is 984. The van der Waals surface area contributed by atoms with Crippen molar-refractivity contribution in [1.29, 1.82) is 0 Å². The summed E-state index contributed by atoms with van der Waals surface area (Å²) in [5.41, 5.74) is 1.01. The highest BCUT2D eigenvalue weighted by molar-refractivity contribution is 9.10. The first-order valence-electron chi connectivity index (χ1n) is 8.50. The molecule has 1 aliphatic rings. The topological polar surface area (TPSA) is 78.7 Å². The maximum absolute atomic E-state index is 12.5. The van der Waals surface area contributed by atoms with Crippen LogP contribution in [0.4, 0.5) is 11.4 Å². The number of halogens is 3. The number of anilines is 1. The number of nitrogens with zero attached hydrogens (tertiary/aromatic N) is 3. The van der Waals surface area contributed by atoms with Crippen molar-refractivity contribution in [3.8, 4) is 0 Å². The van der Waals surface area contributed by atoms with Crippen molar-refractivity contribution in [2.45, 2.75) is 0 Å². The zero-order valence-electron chi connectivity index (χ0n) is 14.9. The molecule has 1 N–H and O–H groups in total. The Morgan fingerprint density at radius 1 is 1.10 bits per heavy atom. The van der Waals surface area contributed by atoms with E-state index in [1.165, 1.54) is 12.1 Å². The van der Waals surface area contributed by atoms with Crippen LogP contribution in [-0.4, -0.2) is 47.0 Å². The summed E-state index contributed by atoms with van der Waals surface area (Å²) in [5, 5.41) is 14.6.